The first-order valence-electron chi connectivity index (χ1n) is 10.9. The topological polar surface area (TPSA) is 40.5 Å². The van der Waals surface area contributed by atoms with E-state index < -0.39 is 0 Å². The van der Waals surface area contributed by atoms with Gasteiger partial charge in [0.25, 0.3) is 0 Å². The fraction of sp³-hybridized carbons (Fsp3) is 0.0625. The van der Waals surface area contributed by atoms with Gasteiger partial charge in [-0.1, -0.05) is 182 Å². The van der Waals surface area contributed by atoms with Crippen LogP contribution in [0.2, 0.25) is 0 Å². The minimum Gasteiger partial charge on any atom is -0.400 e. The van der Waals surface area contributed by atoms with Crippen molar-refractivity contribution in [3.8, 4) is 0 Å². The molecule has 2 heteroatoms. The van der Waals surface area contributed by atoms with Crippen LogP contribution in [0.25, 0.3) is 0 Å². The van der Waals surface area contributed by atoms with Gasteiger partial charge in [0.15, 0.2) is 0 Å². The lowest BCUT2D eigenvalue weighted by Gasteiger charge is -1.69. The molecule has 2 N–H and O–H groups in total. The fourth-order valence-corrected chi connectivity index (χ4v) is 1.92. The maximum absolute atomic E-state index is 7.00. The molecule has 34 heavy (non-hydrogen) atoms. The van der Waals surface area contributed by atoms with Crippen molar-refractivity contribution in [2.45, 2.75) is 0 Å². The van der Waals surface area contributed by atoms with Crippen molar-refractivity contribution in [1.82, 2.24) is 0 Å². The normalized spacial score (nSPS) is 7.41. The fourth-order valence-electron chi connectivity index (χ4n) is 1.92. The number of hydrogen-bond acceptors (Lipinski definition) is 2. The standard InChI is InChI=1S/5C6H6.2CH4O/c5*1-2-4-6-5-3-1;2*1-2/h5*1-6H;2*2H,1H3. The predicted molar refractivity (Wildman–Crippen MR) is 148 cm³/mol. The van der Waals surface area contributed by atoms with Crippen molar-refractivity contribution >= 4 is 0 Å². The Hall–Kier alpha value is -3.98. The van der Waals surface area contributed by atoms with Crippen molar-refractivity contribution in [2.24, 2.45) is 0 Å². The van der Waals surface area contributed by atoms with Gasteiger partial charge in [0, 0.05) is 14.2 Å². The van der Waals surface area contributed by atoms with Crippen molar-refractivity contribution in [3.63, 3.8) is 0 Å². The summed E-state index contributed by atoms with van der Waals surface area (Å²) in [6.45, 7) is 0. The molecule has 0 unspecified atom stereocenters. The zero-order valence-electron chi connectivity index (χ0n) is 20.2. The zero-order valence-corrected chi connectivity index (χ0v) is 20.2. The van der Waals surface area contributed by atoms with Crippen LogP contribution in [0.1, 0.15) is 0 Å². The molecule has 0 fully saturated rings. The molecule has 5 aromatic carbocycles. The van der Waals surface area contributed by atoms with Crippen LogP contribution < -0.4 is 0 Å². The molecule has 0 bridgehead atoms. The number of hydrogen-bond donors (Lipinski definition) is 2. The van der Waals surface area contributed by atoms with E-state index in [9.17, 15) is 0 Å². The van der Waals surface area contributed by atoms with Crippen molar-refractivity contribution < 1.29 is 10.2 Å². The van der Waals surface area contributed by atoms with Gasteiger partial charge in [-0.05, 0) is 0 Å². The van der Waals surface area contributed by atoms with Crippen LogP contribution in [0.5, 0.6) is 0 Å². The molecule has 0 heterocycles. The SMILES string of the molecule is CO.CO.c1ccccc1.c1ccccc1.c1ccccc1.c1ccccc1.c1ccccc1. The molecule has 0 spiro atoms. The van der Waals surface area contributed by atoms with Crippen molar-refractivity contribution in [1.29, 1.82) is 0 Å². The van der Waals surface area contributed by atoms with Crippen LogP contribution >= 0.6 is 0 Å². The first-order chi connectivity index (χ1) is 17.0. The highest BCUT2D eigenvalue weighted by atomic mass is 16.2. The average Bonchev–Trinajstić information content (AvgIpc) is 3.01. The smallest absolute Gasteiger partial charge is 0.0319 e. The largest absolute Gasteiger partial charge is 0.400 e. The van der Waals surface area contributed by atoms with Crippen molar-refractivity contribution in [3.05, 3.63) is 182 Å². The third kappa shape index (κ3) is 30.2. The molecule has 0 aliphatic rings. The Labute approximate surface area is 206 Å². The second kappa shape index (κ2) is 33.7. The molecule has 0 aromatic heterocycles. The van der Waals surface area contributed by atoms with Crippen molar-refractivity contribution in [2.75, 3.05) is 14.2 Å². The Bertz CT molecular complexity index is 554. The van der Waals surface area contributed by atoms with Gasteiger partial charge < -0.3 is 10.2 Å². The predicted octanol–water partition coefficient (Wildman–Crippen LogP) is 7.65. The Morgan fingerprint density at radius 1 is 0.147 bits per heavy atom. The zero-order chi connectivity index (χ0) is 25.2. The Morgan fingerprint density at radius 3 is 0.206 bits per heavy atom. The molecule has 0 aliphatic heterocycles. The first kappa shape index (κ1) is 32.2. The minimum atomic E-state index is 1.00. The van der Waals surface area contributed by atoms with Crippen LogP contribution in [-0.2, 0) is 0 Å². The highest BCUT2D eigenvalue weighted by molar-refractivity contribution is 5.01. The number of aliphatic hydroxyl groups is 2. The lowest BCUT2D eigenvalue weighted by Crippen LogP contribution is -1.47. The molecule has 5 aromatic rings. The van der Waals surface area contributed by atoms with E-state index in [0.717, 1.165) is 14.2 Å². The molecular formula is C32H38O2. The summed E-state index contributed by atoms with van der Waals surface area (Å²) >= 11 is 0. The Kier molecular flexibility index (Phi) is 31.9. The molecule has 0 saturated carbocycles. The molecule has 2 nitrogen and oxygen atoms in total. The highest BCUT2D eigenvalue weighted by Crippen LogP contribution is 1.82. The third-order valence-corrected chi connectivity index (χ3v) is 3.33. The monoisotopic (exact) mass is 454 g/mol. The van der Waals surface area contributed by atoms with E-state index in [0.29, 0.717) is 0 Å². The minimum absolute atomic E-state index is 1.00. The molecule has 0 amide bonds. The molecular weight excluding hydrogens is 416 g/mol. The average molecular weight is 455 g/mol. The summed E-state index contributed by atoms with van der Waals surface area (Å²) in [5.41, 5.74) is 0. The van der Waals surface area contributed by atoms with Gasteiger partial charge in [-0.25, -0.2) is 0 Å². The van der Waals surface area contributed by atoms with Gasteiger partial charge in [0.2, 0.25) is 0 Å². The quantitative estimate of drug-likeness (QED) is 0.252. The van der Waals surface area contributed by atoms with Crippen LogP contribution in [0, 0.1) is 0 Å². The first-order valence-corrected chi connectivity index (χ1v) is 10.9. The summed E-state index contributed by atoms with van der Waals surface area (Å²) in [4.78, 5) is 0. The van der Waals surface area contributed by atoms with Crippen LogP contribution in [0.3, 0.4) is 0 Å². The number of rotatable bonds is 0. The Balaban J connectivity index is 0. The molecule has 5 rings (SSSR count). The second-order valence-corrected chi connectivity index (χ2v) is 5.77. The van der Waals surface area contributed by atoms with Crippen LogP contribution in [0.15, 0.2) is 182 Å². The summed E-state index contributed by atoms with van der Waals surface area (Å²) in [5.74, 6) is 0. The van der Waals surface area contributed by atoms with E-state index in [1.165, 1.54) is 0 Å². The van der Waals surface area contributed by atoms with E-state index in [2.05, 4.69) is 0 Å². The maximum Gasteiger partial charge on any atom is 0.0319 e. The van der Waals surface area contributed by atoms with Gasteiger partial charge in [0.1, 0.15) is 0 Å². The lowest BCUT2D eigenvalue weighted by molar-refractivity contribution is 0.399. The van der Waals surface area contributed by atoms with E-state index >= 15 is 0 Å². The summed E-state index contributed by atoms with van der Waals surface area (Å²) < 4.78 is 0. The summed E-state index contributed by atoms with van der Waals surface area (Å²) in [6.07, 6.45) is 0. The molecule has 0 aliphatic carbocycles. The summed E-state index contributed by atoms with van der Waals surface area (Å²) in [6, 6.07) is 60.0. The van der Waals surface area contributed by atoms with Gasteiger partial charge in [0.05, 0.1) is 0 Å². The van der Waals surface area contributed by atoms with Crippen LogP contribution in [-0.4, -0.2) is 24.4 Å². The highest BCUT2D eigenvalue weighted by Gasteiger charge is 1.60. The summed E-state index contributed by atoms with van der Waals surface area (Å²) in [5, 5.41) is 14.0. The second-order valence-electron chi connectivity index (χ2n) is 5.77. The number of benzene rings is 5. The summed E-state index contributed by atoms with van der Waals surface area (Å²) in [7, 11) is 2.00. The van der Waals surface area contributed by atoms with Crippen LogP contribution in [0.4, 0.5) is 0 Å². The van der Waals surface area contributed by atoms with E-state index in [4.69, 9.17) is 10.2 Å². The number of aliphatic hydroxyl groups excluding tert-OH is 2. The molecule has 0 radical (unpaired) electrons. The molecule has 0 saturated heterocycles. The van der Waals surface area contributed by atoms with Gasteiger partial charge in [-0.3, -0.25) is 0 Å². The Morgan fingerprint density at radius 2 is 0.176 bits per heavy atom. The molecule has 178 valence electrons. The molecule has 0 atom stereocenters. The van der Waals surface area contributed by atoms with Gasteiger partial charge >= 0.3 is 0 Å². The van der Waals surface area contributed by atoms with E-state index in [1.54, 1.807) is 0 Å². The van der Waals surface area contributed by atoms with E-state index in [1.807, 2.05) is 182 Å². The van der Waals surface area contributed by atoms with Gasteiger partial charge in [-0.2, -0.15) is 0 Å². The lowest BCUT2D eigenvalue weighted by atomic mass is 10.4. The maximum atomic E-state index is 7.00. The van der Waals surface area contributed by atoms with Gasteiger partial charge in [-0.15, -0.1) is 0 Å². The third-order valence-electron chi connectivity index (χ3n) is 3.33. The van der Waals surface area contributed by atoms with E-state index in [-0.39, 0.29) is 0 Å².